The predicted molar refractivity (Wildman–Crippen MR) is 118 cm³/mol. The van der Waals surface area contributed by atoms with Crippen LogP contribution in [0.15, 0.2) is 76.9 Å². The highest BCUT2D eigenvalue weighted by molar-refractivity contribution is 5.62. The lowest BCUT2D eigenvalue weighted by atomic mass is 9.80. The lowest BCUT2D eigenvalue weighted by Crippen LogP contribution is -3.10. The molecular formula is C25H26N3O3+. The van der Waals surface area contributed by atoms with Gasteiger partial charge in [0, 0.05) is 11.1 Å². The van der Waals surface area contributed by atoms with Gasteiger partial charge in [0.05, 0.1) is 27.2 Å². The Hall–Kier alpha value is -3.69. The fourth-order valence-electron chi connectivity index (χ4n) is 4.23. The summed E-state index contributed by atoms with van der Waals surface area (Å²) < 4.78 is 16.6. The van der Waals surface area contributed by atoms with Crippen molar-refractivity contribution in [3.8, 4) is 17.6 Å². The lowest BCUT2D eigenvalue weighted by molar-refractivity contribution is -0.871. The molecule has 0 amide bonds. The average Bonchev–Trinajstić information content (AvgIpc) is 2.79. The number of rotatable bonds is 4. The number of quaternary nitrogens is 1. The summed E-state index contributed by atoms with van der Waals surface area (Å²) in [5.74, 6) is 2.29. The van der Waals surface area contributed by atoms with E-state index < -0.39 is 0 Å². The number of nitrogens with zero attached hydrogens (tertiary/aromatic N) is 1. The number of hydrogen-bond acceptors (Lipinski definition) is 5. The SMILES string of the molecule is COc1ccc(C=C2C[NH+](C)CC3=C2OC(N)=C(C#N)C3c2ccc(OC)cc2)cc1. The van der Waals surface area contributed by atoms with Gasteiger partial charge in [-0.3, -0.25) is 0 Å². The second kappa shape index (κ2) is 8.58. The van der Waals surface area contributed by atoms with Crippen LogP contribution >= 0.6 is 0 Å². The molecular weight excluding hydrogens is 390 g/mol. The minimum Gasteiger partial charge on any atom is -0.497 e. The molecule has 31 heavy (non-hydrogen) atoms. The number of likely N-dealkylation sites (N-methyl/N-ethyl adjacent to an activating group) is 1. The second-order valence-electron chi connectivity index (χ2n) is 7.81. The summed E-state index contributed by atoms with van der Waals surface area (Å²) in [6.45, 7) is 1.57. The van der Waals surface area contributed by atoms with Crippen LogP contribution < -0.4 is 20.1 Å². The third-order valence-electron chi connectivity index (χ3n) is 5.71. The van der Waals surface area contributed by atoms with Crippen molar-refractivity contribution in [1.29, 1.82) is 5.26 Å². The van der Waals surface area contributed by atoms with Crippen LogP contribution in [0.25, 0.3) is 6.08 Å². The number of allylic oxidation sites excluding steroid dienone is 1. The van der Waals surface area contributed by atoms with E-state index in [1.165, 1.54) is 4.90 Å². The van der Waals surface area contributed by atoms with Crippen molar-refractivity contribution in [2.45, 2.75) is 5.92 Å². The summed E-state index contributed by atoms with van der Waals surface area (Å²) in [4.78, 5) is 1.32. The van der Waals surface area contributed by atoms with Gasteiger partial charge in [-0.25, -0.2) is 0 Å². The zero-order chi connectivity index (χ0) is 22.0. The molecule has 0 saturated carbocycles. The Bertz CT molecular complexity index is 1110. The van der Waals surface area contributed by atoms with Crippen LogP contribution in [-0.4, -0.2) is 34.4 Å². The number of nitrogens with one attached hydrogen (secondary N) is 1. The molecule has 0 saturated heterocycles. The molecule has 2 unspecified atom stereocenters. The molecule has 158 valence electrons. The fraction of sp³-hybridized carbons (Fsp3) is 0.240. The Kier molecular flexibility index (Phi) is 5.70. The van der Waals surface area contributed by atoms with E-state index in [4.69, 9.17) is 19.9 Å². The normalized spacial score (nSPS) is 21.9. The summed E-state index contributed by atoms with van der Waals surface area (Å²) in [5, 5.41) is 9.85. The Morgan fingerprint density at radius 3 is 2.23 bits per heavy atom. The van der Waals surface area contributed by atoms with Gasteiger partial charge in [0.25, 0.3) is 0 Å². The molecule has 3 N–H and O–H groups in total. The number of methoxy groups -OCH3 is 2. The molecule has 6 nitrogen and oxygen atoms in total. The highest BCUT2D eigenvalue weighted by atomic mass is 16.5. The topological polar surface area (TPSA) is 81.9 Å². The zero-order valence-electron chi connectivity index (χ0n) is 17.9. The van der Waals surface area contributed by atoms with Crippen LogP contribution in [-0.2, 0) is 4.74 Å². The maximum Gasteiger partial charge on any atom is 0.205 e. The quantitative estimate of drug-likeness (QED) is 0.800. The van der Waals surface area contributed by atoms with Gasteiger partial charge in [0.2, 0.25) is 5.88 Å². The van der Waals surface area contributed by atoms with Gasteiger partial charge in [-0.15, -0.1) is 0 Å². The third kappa shape index (κ3) is 4.00. The molecule has 0 aromatic heterocycles. The summed E-state index contributed by atoms with van der Waals surface area (Å²) >= 11 is 0. The van der Waals surface area contributed by atoms with Gasteiger partial charge in [-0.2, -0.15) is 5.26 Å². The molecule has 0 radical (unpaired) electrons. The van der Waals surface area contributed by atoms with Gasteiger partial charge in [-0.1, -0.05) is 24.3 Å². The number of nitrogens with two attached hydrogens (primary N) is 1. The van der Waals surface area contributed by atoms with Crippen molar-refractivity contribution < 1.29 is 19.1 Å². The molecule has 4 rings (SSSR count). The zero-order valence-corrected chi connectivity index (χ0v) is 17.9. The summed E-state index contributed by atoms with van der Waals surface area (Å²) in [5.41, 5.74) is 10.9. The Balaban J connectivity index is 1.81. The molecule has 2 aromatic carbocycles. The molecule has 6 heteroatoms. The van der Waals surface area contributed by atoms with Crippen LogP contribution in [0.5, 0.6) is 11.5 Å². The second-order valence-corrected chi connectivity index (χ2v) is 7.81. The van der Waals surface area contributed by atoms with Gasteiger partial charge in [0.15, 0.2) is 0 Å². The van der Waals surface area contributed by atoms with Gasteiger partial charge < -0.3 is 24.8 Å². The summed E-state index contributed by atoms with van der Waals surface area (Å²) in [6.07, 6.45) is 2.12. The highest BCUT2D eigenvalue weighted by Crippen LogP contribution is 2.41. The van der Waals surface area contributed by atoms with Crippen molar-refractivity contribution in [3.63, 3.8) is 0 Å². The first kappa shape index (κ1) is 20.6. The fourth-order valence-corrected chi connectivity index (χ4v) is 4.23. The van der Waals surface area contributed by atoms with E-state index in [-0.39, 0.29) is 11.8 Å². The Morgan fingerprint density at radius 1 is 1.03 bits per heavy atom. The number of nitriles is 1. The molecule has 0 spiro atoms. The molecule has 0 fully saturated rings. The van der Waals surface area contributed by atoms with Crippen molar-refractivity contribution in [2.75, 3.05) is 34.4 Å². The molecule has 0 aliphatic carbocycles. The molecule has 2 atom stereocenters. The van der Waals surface area contributed by atoms with Crippen LogP contribution in [0.1, 0.15) is 17.0 Å². The van der Waals surface area contributed by atoms with Crippen LogP contribution in [0.3, 0.4) is 0 Å². The van der Waals surface area contributed by atoms with E-state index in [0.717, 1.165) is 52.6 Å². The lowest BCUT2D eigenvalue weighted by Gasteiger charge is -2.35. The van der Waals surface area contributed by atoms with E-state index >= 15 is 0 Å². The largest absolute Gasteiger partial charge is 0.497 e. The predicted octanol–water partition coefficient (Wildman–Crippen LogP) is 2.38. The standard InChI is InChI=1S/C25H25N3O3/c1-28-14-18(12-16-4-8-19(29-2)9-5-16)24-22(15-28)23(21(13-26)25(27)31-24)17-6-10-20(30-3)11-7-17/h4-12,23H,14-15,27H2,1-3H3/p+1. The summed E-state index contributed by atoms with van der Waals surface area (Å²) in [6, 6.07) is 18.0. The number of benzene rings is 2. The molecule has 0 bridgehead atoms. The monoisotopic (exact) mass is 416 g/mol. The number of hydrogen-bond donors (Lipinski definition) is 2. The van der Waals surface area contributed by atoms with Crippen LogP contribution in [0, 0.1) is 11.3 Å². The minimum atomic E-state index is -0.242. The van der Waals surface area contributed by atoms with Crippen molar-refractivity contribution >= 4 is 6.08 Å². The first-order valence-corrected chi connectivity index (χ1v) is 10.1. The first-order valence-electron chi connectivity index (χ1n) is 10.1. The average molecular weight is 417 g/mol. The van der Waals surface area contributed by atoms with Crippen molar-refractivity contribution in [3.05, 3.63) is 88.0 Å². The van der Waals surface area contributed by atoms with Gasteiger partial charge in [0.1, 0.15) is 42.0 Å². The first-order chi connectivity index (χ1) is 15.0. The molecule has 2 aliphatic heterocycles. The van der Waals surface area contributed by atoms with Gasteiger partial charge in [-0.05, 0) is 41.5 Å². The maximum absolute atomic E-state index is 9.85. The highest BCUT2D eigenvalue weighted by Gasteiger charge is 2.38. The maximum atomic E-state index is 9.85. The molecule has 2 aromatic rings. The van der Waals surface area contributed by atoms with Crippen LogP contribution in [0.2, 0.25) is 0 Å². The van der Waals surface area contributed by atoms with Crippen molar-refractivity contribution in [1.82, 2.24) is 0 Å². The van der Waals surface area contributed by atoms with E-state index in [2.05, 4.69) is 19.2 Å². The Morgan fingerprint density at radius 2 is 1.65 bits per heavy atom. The number of ether oxygens (including phenoxy) is 3. The smallest absolute Gasteiger partial charge is 0.205 e. The minimum absolute atomic E-state index is 0.169. The van der Waals surface area contributed by atoms with E-state index in [9.17, 15) is 5.26 Å². The third-order valence-corrected chi connectivity index (χ3v) is 5.71. The molecule has 2 aliphatic rings. The van der Waals surface area contributed by atoms with Crippen LogP contribution in [0.4, 0.5) is 0 Å². The van der Waals surface area contributed by atoms with E-state index in [1.54, 1.807) is 14.2 Å². The van der Waals surface area contributed by atoms with Crippen molar-refractivity contribution in [2.24, 2.45) is 5.73 Å². The van der Waals surface area contributed by atoms with E-state index in [0.29, 0.717) is 5.57 Å². The summed E-state index contributed by atoms with van der Waals surface area (Å²) in [7, 11) is 5.43. The Labute approximate surface area is 182 Å². The van der Waals surface area contributed by atoms with E-state index in [1.807, 2.05) is 48.5 Å². The molecule has 2 heterocycles. The van der Waals surface area contributed by atoms with Gasteiger partial charge >= 0.3 is 0 Å².